The molecule has 0 spiro atoms. The fourth-order valence-electron chi connectivity index (χ4n) is 3.92. The number of hydrogen-bond acceptors (Lipinski definition) is 7. The number of aliphatic hydroxyl groups excluding tert-OH is 1. The third kappa shape index (κ3) is 7.20. The number of nitrogens with zero attached hydrogens (tertiary/aromatic N) is 1. The Hall–Kier alpha value is -2.59. The molecule has 10 heteroatoms. The molecule has 0 fully saturated rings. The van der Waals surface area contributed by atoms with E-state index < -0.39 is 40.7 Å². The van der Waals surface area contributed by atoms with Gasteiger partial charge in [-0.1, -0.05) is 32.9 Å². The number of benzene rings is 1. The van der Waals surface area contributed by atoms with E-state index in [1.54, 1.807) is 4.90 Å². The summed E-state index contributed by atoms with van der Waals surface area (Å²) in [6, 6.07) is 6.64. The van der Waals surface area contributed by atoms with Gasteiger partial charge in [0, 0.05) is 17.9 Å². The summed E-state index contributed by atoms with van der Waals surface area (Å²) in [5.74, 6) is -2.41. The van der Waals surface area contributed by atoms with Gasteiger partial charge in [-0.3, -0.25) is 19.2 Å². The lowest BCUT2D eigenvalue weighted by atomic mass is 9.79. The molecule has 1 aliphatic rings. The maximum atomic E-state index is 13.3. The standard InChI is InChI=1S/C23H32N2O7S/c1-14(21(29)30)9-17(27)15(24-13-26)10-23(2,3)11-20(28)25-12-19(22(31)32-4)33-18-8-6-5-7-16(18)25/h5-8,13-15,17,19,27H,9-12H2,1-4H3,(H,24,26)(H,29,30)/t14-,15+,17+,19-/m1/s1. The van der Waals surface area contributed by atoms with E-state index in [1.165, 1.54) is 25.8 Å². The molecule has 4 atom stereocenters. The lowest BCUT2D eigenvalue weighted by Gasteiger charge is -2.36. The molecule has 1 aromatic carbocycles. The molecule has 3 N–H and O–H groups in total. The van der Waals surface area contributed by atoms with E-state index in [4.69, 9.17) is 9.84 Å². The van der Waals surface area contributed by atoms with Crippen LogP contribution in [-0.2, 0) is 23.9 Å². The molecule has 9 nitrogen and oxygen atoms in total. The van der Waals surface area contributed by atoms with Crippen LogP contribution in [0.2, 0.25) is 0 Å². The minimum atomic E-state index is -1.08. The zero-order valence-electron chi connectivity index (χ0n) is 19.3. The number of fused-ring (bicyclic) bond motifs is 1. The lowest BCUT2D eigenvalue weighted by Crippen LogP contribution is -2.46. The van der Waals surface area contributed by atoms with Crippen molar-refractivity contribution in [1.29, 1.82) is 0 Å². The number of aliphatic hydroxyl groups is 1. The number of ether oxygens (including phenoxy) is 1. The topological polar surface area (TPSA) is 133 Å². The highest BCUT2D eigenvalue weighted by molar-refractivity contribution is 8.00. The quantitative estimate of drug-likeness (QED) is 0.324. The number of aliphatic carboxylic acids is 1. The number of para-hydroxylation sites is 1. The summed E-state index contributed by atoms with van der Waals surface area (Å²) in [4.78, 5) is 50.1. The molecular formula is C23H32N2O7S. The Morgan fingerprint density at radius 2 is 2.00 bits per heavy atom. The Bertz CT molecular complexity index is 876. The third-order valence-corrected chi connectivity index (χ3v) is 6.93. The summed E-state index contributed by atoms with van der Waals surface area (Å²) in [5.41, 5.74) is 0.0900. The van der Waals surface area contributed by atoms with E-state index in [0.717, 1.165) is 10.6 Å². The number of hydrogen-bond donors (Lipinski definition) is 3. The van der Waals surface area contributed by atoms with Crippen LogP contribution in [0.1, 0.15) is 40.0 Å². The van der Waals surface area contributed by atoms with Crippen LogP contribution >= 0.6 is 11.8 Å². The first-order valence-electron chi connectivity index (χ1n) is 10.7. The molecule has 1 aliphatic heterocycles. The Kier molecular flexibility index (Phi) is 9.30. The van der Waals surface area contributed by atoms with Crippen molar-refractivity contribution >= 4 is 41.7 Å². The van der Waals surface area contributed by atoms with E-state index in [-0.39, 0.29) is 31.7 Å². The number of nitrogens with one attached hydrogen (secondary N) is 1. The Morgan fingerprint density at radius 1 is 1.33 bits per heavy atom. The van der Waals surface area contributed by atoms with Crippen molar-refractivity contribution in [2.45, 2.75) is 62.3 Å². The summed E-state index contributed by atoms with van der Waals surface area (Å²) in [6.07, 6.45) is -0.279. The smallest absolute Gasteiger partial charge is 0.321 e. The van der Waals surface area contributed by atoms with Crippen LogP contribution < -0.4 is 10.2 Å². The number of thioether (sulfide) groups is 1. The van der Waals surface area contributed by atoms with Crippen LogP contribution in [0.15, 0.2) is 29.2 Å². The average Bonchev–Trinajstić information content (AvgIpc) is 2.76. The van der Waals surface area contributed by atoms with Gasteiger partial charge in [-0.2, -0.15) is 0 Å². The molecule has 0 saturated heterocycles. The number of anilines is 1. The maximum Gasteiger partial charge on any atom is 0.321 e. The summed E-state index contributed by atoms with van der Waals surface area (Å²) in [6.45, 7) is 5.36. The van der Waals surface area contributed by atoms with Gasteiger partial charge >= 0.3 is 11.9 Å². The van der Waals surface area contributed by atoms with Crippen molar-refractivity contribution in [3.8, 4) is 0 Å². The van der Waals surface area contributed by atoms with Crippen molar-refractivity contribution in [2.24, 2.45) is 11.3 Å². The van der Waals surface area contributed by atoms with Gasteiger partial charge in [-0.15, -0.1) is 11.8 Å². The molecule has 0 radical (unpaired) electrons. The molecule has 0 bridgehead atoms. The van der Waals surface area contributed by atoms with Crippen LogP contribution in [0.25, 0.3) is 0 Å². The summed E-state index contributed by atoms with van der Waals surface area (Å²) in [5, 5.41) is 21.7. The van der Waals surface area contributed by atoms with Crippen molar-refractivity contribution in [1.82, 2.24) is 5.32 Å². The molecule has 33 heavy (non-hydrogen) atoms. The van der Waals surface area contributed by atoms with Gasteiger partial charge in [0.05, 0.1) is 30.9 Å². The highest BCUT2D eigenvalue weighted by atomic mass is 32.2. The molecule has 182 valence electrons. The largest absolute Gasteiger partial charge is 0.481 e. The van der Waals surface area contributed by atoms with E-state index in [1.807, 2.05) is 38.1 Å². The first-order valence-corrected chi connectivity index (χ1v) is 11.6. The van der Waals surface area contributed by atoms with Gasteiger partial charge in [0.2, 0.25) is 12.3 Å². The number of carbonyl (C=O) groups is 4. The first-order chi connectivity index (χ1) is 15.5. The van der Waals surface area contributed by atoms with Gasteiger partial charge in [0.15, 0.2) is 0 Å². The van der Waals surface area contributed by atoms with Crippen molar-refractivity contribution in [3.63, 3.8) is 0 Å². The summed E-state index contributed by atoms with van der Waals surface area (Å²) < 4.78 is 4.88. The molecule has 2 rings (SSSR count). The van der Waals surface area contributed by atoms with Gasteiger partial charge in [-0.25, -0.2) is 0 Å². The fraction of sp³-hybridized carbons (Fsp3) is 0.565. The SMILES string of the molecule is COC(=O)[C@H]1CN(C(=O)CC(C)(C)C[C@H](NC=O)[C@@H](O)C[C@@H](C)C(=O)O)c2ccccc2S1. The predicted octanol–water partition coefficient (Wildman–Crippen LogP) is 2.06. The van der Waals surface area contributed by atoms with Crippen molar-refractivity contribution in [3.05, 3.63) is 24.3 Å². The molecule has 2 amide bonds. The van der Waals surface area contributed by atoms with Crippen LogP contribution in [-0.4, -0.2) is 65.5 Å². The number of carbonyl (C=O) groups excluding carboxylic acids is 3. The monoisotopic (exact) mass is 480 g/mol. The number of amides is 2. The van der Waals surface area contributed by atoms with E-state index in [9.17, 15) is 24.3 Å². The number of esters is 1. The zero-order valence-corrected chi connectivity index (χ0v) is 20.1. The molecule has 0 saturated carbocycles. The molecular weight excluding hydrogens is 448 g/mol. The van der Waals surface area contributed by atoms with Gasteiger partial charge in [0.1, 0.15) is 5.25 Å². The van der Waals surface area contributed by atoms with Gasteiger partial charge < -0.3 is 25.2 Å². The van der Waals surface area contributed by atoms with Crippen LogP contribution in [0.5, 0.6) is 0 Å². The highest BCUT2D eigenvalue weighted by Crippen LogP contribution is 2.40. The molecule has 1 aromatic rings. The van der Waals surface area contributed by atoms with E-state index in [0.29, 0.717) is 6.41 Å². The van der Waals surface area contributed by atoms with Gasteiger partial charge in [0.25, 0.3) is 0 Å². The number of methoxy groups -OCH3 is 1. The third-order valence-electron chi connectivity index (χ3n) is 5.70. The average molecular weight is 481 g/mol. The second-order valence-corrected chi connectivity index (χ2v) is 10.3. The normalized spacial score (nSPS) is 18.5. The summed E-state index contributed by atoms with van der Waals surface area (Å²) in [7, 11) is 1.31. The zero-order chi connectivity index (χ0) is 24.8. The molecule has 0 unspecified atom stereocenters. The number of rotatable bonds is 11. The van der Waals surface area contributed by atoms with Crippen LogP contribution in [0.3, 0.4) is 0 Å². The lowest BCUT2D eigenvalue weighted by molar-refractivity contribution is -0.142. The Morgan fingerprint density at radius 3 is 2.61 bits per heavy atom. The van der Waals surface area contributed by atoms with Crippen LogP contribution in [0, 0.1) is 11.3 Å². The summed E-state index contributed by atoms with van der Waals surface area (Å²) >= 11 is 1.36. The fourth-order valence-corrected chi connectivity index (χ4v) is 5.10. The maximum absolute atomic E-state index is 13.3. The minimum absolute atomic E-state index is 0.0254. The second kappa shape index (κ2) is 11.5. The van der Waals surface area contributed by atoms with E-state index in [2.05, 4.69) is 5.32 Å². The molecule has 0 aromatic heterocycles. The Labute approximate surface area is 197 Å². The minimum Gasteiger partial charge on any atom is -0.481 e. The second-order valence-electron chi connectivity index (χ2n) is 9.08. The molecule has 1 heterocycles. The van der Waals surface area contributed by atoms with Crippen molar-refractivity contribution < 1.29 is 34.1 Å². The Balaban J connectivity index is 2.16. The first kappa shape index (κ1) is 26.7. The predicted molar refractivity (Wildman–Crippen MR) is 124 cm³/mol. The van der Waals surface area contributed by atoms with Gasteiger partial charge in [-0.05, 0) is 30.4 Å². The highest BCUT2D eigenvalue weighted by Gasteiger charge is 2.37. The van der Waals surface area contributed by atoms with Crippen LogP contribution in [0.4, 0.5) is 5.69 Å². The number of carboxylic acid groups (broad SMARTS) is 1. The van der Waals surface area contributed by atoms with E-state index >= 15 is 0 Å². The molecule has 0 aliphatic carbocycles. The number of carboxylic acids is 1. The van der Waals surface area contributed by atoms with Crippen molar-refractivity contribution in [2.75, 3.05) is 18.6 Å².